The van der Waals surface area contributed by atoms with E-state index in [4.69, 9.17) is 0 Å². The van der Waals surface area contributed by atoms with Crippen LogP contribution in [0, 0.1) is 6.92 Å². The molecule has 0 spiro atoms. The Hall–Kier alpha value is -3.49. The van der Waals surface area contributed by atoms with Crippen LogP contribution in [0.3, 0.4) is 0 Å². The summed E-state index contributed by atoms with van der Waals surface area (Å²) >= 11 is 0. The zero-order valence-electron chi connectivity index (χ0n) is 18.1. The van der Waals surface area contributed by atoms with E-state index in [9.17, 15) is 10.2 Å². The van der Waals surface area contributed by atoms with Gasteiger partial charge in [-0.15, -0.1) is 5.10 Å². The number of aromatic nitrogens is 5. The number of aliphatic hydroxyl groups excluding tert-OH is 1. The van der Waals surface area contributed by atoms with Gasteiger partial charge in [0.2, 0.25) is 0 Å². The number of hydrogen-bond donors (Lipinski definition) is 3. The fraction of sp³-hybridized carbons (Fsp3) is 0.292. The van der Waals surface area contributed by atoms with Crippen molar-refractivity contribution in [2.45, 2.75) is 38.6 Å². The molecule has 0 bridgehead atoms. The molecule has 2 aromatic carbocycles. The van der Waals surface area contributed by atoms with Crippen LogP contribution in [0.1, 0.15) is 29.3 Å². The van der Waals surface area contributed by atoms with Crippen molar-refractivity contribution in [1.29, 1.82) is 0 Å². The van der Waals surface area contributed by atoms with Gasteiger partial charge in [0, 0.05) is 43.0 Å². The molecule has 8 nitrogen and oxygen atoms in total. The summed E-state index contributed by atoms with van der Waals surface area (Å²) in [5.74, 6) is 0. The summed E-state index contributed by atoms with van der Waals surface area (Å²) in [7, 11) is 1.91. The fourth-order valence-corrected chi connectivity index (χ4v) is 4.49. The summed E-state index contributed by atoms with van der Waals surface area (Å²) < 4.78 is 3.78. The lowest BCUT2D eigenvalue weighted by atomic mass is 9.92. The molecule has 4 aromatic rings. The Labute approximate surface area is 186 Å². The first-order valence-electron chi connectivity index (χ1n) is 10.7. The topological polar surface area (TPSA) is 101 Å². The van der Waals surface area contributed by atoms with Gasteiger partial charge < -0.3 is 15.5 Å². The molecule has 3 N–H and O–H groups in total. The van der Waals surface area contributed by atoms with E-state index >= 15 is 0 Å². The van der Waals surface area contributed by atoms with Gasteiger partial charge in [0.15, 0.2) is 6.29 Å². The first kappa shape index (κ1) is 20.4. The Balaban J connectivity index is 1.60. The lowest BCUT2D eigenvalue weighted by molar-refractivity contribution is -0.0380. The Morgan fingerprint density at radius 2 is 2.00 bits per heavy atom. The average molecular weight is 431 g/mol. The Morgan fingerprint density at radius 3 is 2.78 bits per heavy atom. The number of nitrogens with one attached hydrogen (secondary N) is 1. The van der Waals surface area contributed by atoms with Crippen molar-refractivity contribution in [1.82, 2.24) is 24.8 Å². The third kappa shape index (κ3) is 3.79. The largest absolute Gasteiger partial charge is 0.378 e. The Morgan fingerprint density at radius 1 is 1.16 bits per heavy atom. The second-order valence-electron chi connectivity index (χ2n) is 8.28. The number of anilines is 1. The molecule has 1 aliphatic heterocycles. The summed E-state index contributed by atoms with van der Waals surface area (Å²) in [4.78, 5) is 0. The van der Waals surface area contributed by atoms with Gasteiger partial charge >= 0.3 is 0 Å². The summed E-state index contributed by atoms with van der Waals surface area (Å²) in [5.41, 5.74) is 8.15. The van der Waals surface area contributed by atoms with E-state index in [1.807, 2.05) is 55.3 Å². The van der Waals surface area contributed by atoms with Crippen LogP contribution in [0.5, 0.6) is 0 Å². The van der Waals surface area contributed by atoms with E-state index < -0.39 is 6.29 Å². The molecule has 3 heterocycles. The first-order valence-corrected chi connectivity index (χ1v) is 10.7. The van der Waals surface area contributed by atoms with Crippen molar-refractivity contribution < 1.29 is 10.2 Å². The molecule has 0 saturated carbocycles. The van der Waals surface area contributed by atoms with Crippen molar-refractivity contribution in [3.63, 3.8) is 0 Å². The summed E-state index contributed by atoms with van der Waals surface area (Å²) in [5, 5.41) is 35.7. The van der Waals surface area contributed by atoms with Crippen LogP contribution in [0.4, 0.5) is 5.69 Å². The molecule has 164 valence electrons. The summed E-state index contributed by atoms with van der Waals surface area (Å²) in [6.07, 6.45) is 3.47. The highest BCUT2D eigenvalue weighted by Gasteiger charge is 2.26. The number of rotatable bonds is 5. The van der Waals surface area contributed by atoms with E-state index in [-0.39, 0.29) is 12.5 Å². The van der Waals surface area contributed by atoms with Gasteiger partial charge in [-0.25, -0.2) is 4.68 Å². The van der Waals surface area contributed by atoms with Gasteiger partial charge in [-0.05, 0) is 42.2 Å². The normalized spacial score (nSPS) is 15.3. The summed E-state index contributed by atoms with van der Waals surface area (Å²) in [6.45, 7) is 2.72. The van der Waals surface area contributed by atoms with Crippen LogP contribution < -0.4 is 5.32 Å². The van der Waals surface area contributed by atoms with Crippen molar-refractivity contribution in [2.24, 2.45) is 7.05 Å². The standard InChI is InChI=1S/C24H26N6O2/c1-15-24-19-8-7-16(18-13-25-29(2)14-18)11-20(19)22(9-10-30(24)28-27-15)26-21-6-4-3-5-17(21)12-23(31)32/h3-8,11,13-14,22-23,26,31-32H,9-10,12H2,1-2H3. The van der Waals surface area contributed by atoms with Gasteiger partial charge in [0.1, 0.15) is 0 Å². The Bertz CT molecular complexity index is 1260. The third-order valence-electron chi connectivity index (χ3n) is 6.00. The third-order valence-corrected chi connectivity index (χ3v) is 6.00. The van der Waals surface area contributed by atoms with E-state index in [1.165, 1.54) is 0 Å². The molecule has 1 atom stereocenters. The van der Waals surface area contributed by atoms with Crippen molar-refractivity contribution >= 4 is 5.69 Å². The van der Waals surface area contributed by atoms with E-state index in [2.05, 4.69) is 38.9 Å². The minimum Gasteiger partial charge on any atom is -0.378 e. The maximum absolute atomic E-state index is 9.53. The first-order chi connectivity index (χ1) is 15.5. The van der Waals surface area contributed by atoms with Crippen molar-refractivity contribution in [3.05, 3.63) is 71.7 Å². The number of fused-ring (bicyclic) bond motifs is 3. The molecule has 1 aliphatic rings. The highest BCUT2D eigenvalue weighted by Crippen LogP contribution is 2.39. The second kappa shape index (κ2) is 8.22. The lowest BCUT2D eigenvalue weighted by Crippen LogP contribution is -2.16. The SMILES string of the molecule is Cc1nnn2c1-c1ccc(-c3cnn(C)c3)cc1C(Nc1ccccc1CC(O)O)CC2. The molecule has 2 aromatic heterocycles. The van der Waals surface area contributed by atoms with Gasteiger partial charge in [-0.1, -0.05) is 35.5 Å². The molecule has 1 unspecified atom stereocenters. The maximum atomic E-state index is 9.53. The molecule has 0 aliphatic carbocycles. The minimum atomic E-state index is -1.39. The molecule has 0 saturated heterocycles. The minimum absolute atomic E-state index is 0.0136. The van der Waals surface area contributed by atoms with Gasteiger partial charge in [-0.2, -0.15) is 5.10 Å². The molecular weight excluding hydrogens is 404 g/mol. The summed E-state index contributed by atoms with van der Waals surface area (Å²) in [6, 6.07) is 14.3. The van der Waals surface area contributed by atoms with E-state index in [0.29, 0.717) is 0 Å². The molecule has 0 radical (unpaired) electrons. The number of nitrogens with zero attached hydrogens (tertiary/aromatic N) is 5. The van der Waals surface area contributed by atoms with Gasteiger partial charge in [0.05, 0.1) is 23.6 Å². The zero-order chi connectivity index (χ0) is 22.2. The predicted octanol–water partition coefficient (Wildman–Crippen LogP) is 3.06. The number of benzene rings is 2. The molecule has 0 fully saturated rings. The van der Waals surface area contributed by atoms with Crippen LogP contribution in [0.25, 0.3) is 22.4 Å². The van der Waals surface area contributed by atoms with Crippen molar-refractivity contribution in [3.8, 4) is 22.4 Å². The van der Waals surface area contributed by atoms with Gasteiger partial charge in [-0.3, -0.25) is 4.68 Å². The zero-order valence-corrected chi connectivity index (χ0v) is 18.1. The van der Waals surface area contributed by atoms with Crippen LogP contribution in [0.15, 0.2) is 54.9 Å². The molecular formula is C24H26N6O2. The number of para-hydroxylation sites is 1. The molecule has 0 amide bonds. The van der Waals surface area contributed by atoms with Crippen LogP contribution >= 0.6 is 0 Å². The average Bonchev–Trinajstić information content (AvgIpc) is 3.33. The number of aliphatic hydroxyl groups is 2. The molecule has 32 heavy (non-hydrogen) atoms. The molecule has 8 heteroatoms. The highest BCUT2D eigenvalue weighted by molar-refractivity contribution is 5.74. The van der Waals surface area contributed by atoms with Crippen LogP contribution in [-0.2, 0) is 20.0 Å². The predicted molar refractivity (Wildman–Crippen MR) is 122 cm³/mol. The Kier molecular flexibility index (Phi) is 5.24. The quantitative estimate of drug-likeness (QED) is 0.421. The monoisotopic (exact) mass is 430 g/mol. The maximum Gasteiger partial charge on any atom is 0.155 e. The number of aryl methyl sites for hydroxylation is 3. The fourth-order valence-electron chi connectivity index (χ4n) is 4.49. The van der Waals surface area contributed by atoms with Gasteiger partial charge in [0.25, 0.3) is 0 Å². The highest BCUT2D eigenvalue weighted by atomic mass is 16.5. The van der Waals surface area contributed by atoms with Crippen LogP contribution in [0.2, 0.25) is 0 Å². The van der Waals surface area contributed by atoms with E-state index in [1.54, 1.807) is 4.68 Å². The van der Waals surface area contributed by atoms with E-state index in [0.717, 1.165) is 57.9 Å². The number of hydrogen-bond acceptors (Lipinski definition) is 6. The van der Waals surface area contributed by atoms with Crippen molar-refractivity contribution in [2.75, 3.05) is 5.32 Å². The van der Waals surface area contributed by atoms with Crippen LogP contribution in [-0.4, -0.2) is 41.3 Å². The lowest BCUT2D eigenvalue weighted by Gasteiger charge is -2.23. The molecule has 5 rings (SSSR count). The second-order valence-corrected chi connectivity index (χ2v) is 8.28. The smallest absolute Gasteiger partial charge is 0.155 e.